The van der Waals surface area contributed by atoms with Gasteiger partial charge in [-0.05, 0) is 11.6 Å². The van der Waals surface area contributed by atoms with Gasteiger partial charge in [0.2, 0.25) is 0 Å². The quantitative estimate of drug-likeness (QED) is 0.835. The fourth-order valence-electron chi connectivity index (χ4n) is 2.01. The van der Waals surface area contributed by atoms with E-state index in [1.165, 1.54) is 5.56 Å². The van der Waals surface area contributed by atoms with E-state index in [9.17, 15) is 0 Å². The van der Waals surface area contributed by atoms with Crippen LogP contribution >= 0.6 is 0 Å². The number of nitrogens with two attached hydrogens (primary N) is 1. The van der Waals surface area contributed by atoms with E-state index in [-0.39, 0.29) is 0 Å². The summed E-state index contributed by atoms with van der Waals surface area (Å²) in [5, 5.41) is 4.41. The van der Waals surface area contributed by atoms with Gasteiger partial charge in [0.05, 0.1) is 5.69 Å². The van der Waals surface area contributed by atoms with Crippen molar-refractivity contribution >= 4 is 0 Å². The predicted octanol–water partition coefficient (Wildman–Crippen LogP) is 1.38. The molecule has 2 rings (SSSR count). The molecule has 0 amide bonds. The molecule has 1 aromatic carbocycles. The summed E-state index contributed by atoms with van der Waals surface area (Å²) in [7, 11) is 1.94. The molecule has 18 heavy (non-hydrogen) atoms. The van der Waals surface area contributed by atoms with Crippen LogP contribution < -0.4 is 5.73 Å². The van der Waals surface area contributed by atoms with Gasteiger partial charge in [0.1, 0.15) is 0 Å². The maximum Gasteiger partial charge on any atom is 0.0764 e. The highest BCUT2D eigenvalue weighted by Crippen LogP contribution is 2.07. The molecule has 1 aromatic heterocycles. The average Bonchev–Trinajstić information content (AvgIpc) is 2.76. The molecule has 0 aliphatic carbocycles. The minimum atomic E-state index is 0.666. The molecule has 0 aliphatic heterocycles. The smallest absolute Gasteiger partial charge is 0.0764 e. The molecular formula is C14H20N4. The van der Waals surface area contributed by atoms with Crippen LogP contribution in [0.4, 0.5) is 0 Å². The second-order valence-corrected chi connectivity index (χ2v) is 4.47. The molecule has 1 heterocycles. The van der Waals surface area contributed by atoms with Crippen molar-refractivity contribution in [2.24, 2.45) is 12.8 Å². The van der Waals surface area contributed by atoms with E-state index < -0.39 is 0 Å². The van der Waals surface area contributed by atoms with E-state index in [4.69, 9.17) is 5.73 Å². The standard InChI is InChI=1S/C14H20N4/c1-17-9-7-14(16-17)12-18(10-8-15)11-13-5-3-2-4-6-13/h2-7,9H,8,10-12,15H2,1H3. The van der Waals surface area contributed by atoms with E-state index in [1.807, 2.05) is 24.0 Å². The van der Waals surface area contributed by atoms with Crippen LogP contribution in [0.25, 0.3) is 0 Å². The van der Waals surface area contributed by atoms with Crippen molar-refractivity contribution in [3.63, 3.8) is 0 Å². The lowest BCUT2D eigenvalue weighted by atomic mass is 10.2. The molecule has 0 aliphatic rings. The Morgan fingerprint density at radius 3 is 2.56 bits per heavy atom. The Balaban J connectivity index is 1.99. The third-order valence-electron chi connectivity index (χ3n) is 2.85. The van der Waals surface area contributed by atoms with Crippen LogP contribution in [0.15, 0.2) is 42.6 Å². The lowest BCUT2D eigenvalue weighted by Crippen LogP contribution is -2.28. The van der Waals surface area contributed by atoms with E-state index >= 15 is 0 Å². The fourth-order valence-corrected chi connectivity index (χ4v) is 2.01. The molecule has 0 spiro atoms. The summed E-state index contributed by atoms with van der Waals surface area (Å²) >= 11 is 0. The number of nitrogens with zero attached hydrogens (tertiary/aromatic N) is 3. The van der Waals surface area contributed by atoms with Gasteiger partial charge in [-0.25, -0.2) is 0 Å². The zero-order valence-corrected chi connectivity index (χ0v) is 10.8. The Hall–Kier alpha value is -1.65. The zero-order chi connectivity index (χ0) is 12.8. The topological polar surface area (TPSA) is 47.1 Å². The number of rotatable bonds is 6. The third-order valence-corrected chi connectivity index (χ3v) is 2.85. The van der Waals surface area contributed by atoms with Crippen molar-refractivity contribution in [3.05, 3.63) is 53.9 Å². The summed E-state index contributed by atoms with van der Waals surface area (Å²) in [4.78, 5) is 2.32. The van der Waals surface area contributed by atoms with Crippen molar-refractivity contribution < 1.29 is 0 Å². The van der Waals surface area contributed by atoms with Crippen molar-refractivity contribution in [2.45, 2.75) is 13.1 Å². The first-order valence-corrected chi connectivity index (χ1v) is 6.23. The number of hydrogen-bond donors (Lipinski definition) is 1. The Kier molecular flexibility index (Phi) is 4.50. The van der Waals surface area contributed by atoms with Gasteiger partial charge in [0, 0.05) is 39.4 Å². The van der Waals surface area contributed by atoms with E-state index in [0.717, 1.165) is 25.3 Å². The maximum absolute atomic E-state index is 5.67. The van der Waals surface area contributed by atoms with Gasteiger partial charge in [0.25, 0.3) is 0 Å². The first-order chi connectivity index (χ1) is 8.78. The summed E-state index contributed by atoms with van der Waals surface area (Å²) in [6, 6.07) is 12.5. The van der Waals surface area contributed by atoms with Crippen LogP contribution in [0, 0.1) is 0 Å². The SMILES string of the molecule is Cn1ccc(CN(CCN)Cc2ccccc2)n1. The Morgan fingerprint density at radius 2 is 1.94 bits per heavy atom. The molecule has 2 aromatic rings. The van der Waals surface area contributed by atoms with Crippen molar-refractivity contribution in [1.29, 1.82) is 0 Å². The molecule has 0 atom stereocenters. The van der Waals surface area contributed by atoms with Crippen molar-refractivity contribution in [1.82, 2.24) is 14.7 Å². The largest absolute Gasteiger partial charge is 0.329 e. The molecule has 0 radical (unpaired) electrons. The molecule has 4 heteroatoms. The fraction of sp³-hybridized carbons (Fsp3) is 0.357. The zero-order valence-electron chi connectivity index (χ0n) is 10.8. The molecule has 2 N–H and O–H groups in total. The van der Waals surface area contributed by atoms with Crippen LogP contribution in [-0.2, 0) is 20.1 Å². The van der Waals surface area contributed by atoms with Gasteiger partial charge in [-0.3, -0.25) is 9.58 Å². The highest BCUT2D eigenvalue weighted by atomic mass is 15.3. The van der Waals surface area contributed by atoms with Gasteiger partial charge < -0.3 is 5.73 Å². The number of aromatic nitrogens is 2. The maximum atomic E-state index is 5.67. The molecule has 96 valence electrons. The van der Waals surface area contributed by atoms with Gasteiger partial charge in [0.15, 0.2) is 0 Å². The van der Waals surface area contributed by atoms with Gasteiger partial charge in [-0.1, -0.05) is 30.3 Å². The van der Waals surface area contributed by atoms with Gasteiger partial charge in [-0.15, -0.1) is 0 Å². The normalized spacial score (nSPS) is 11.1. The first-order valence-electron chi connectivity index (χ1n) is 6.23. The van der Waals surface area contributed by atoms with Crippen LogP contribution in [0.1, 0.15) is 11.3 Å². The lowest BCUT2D eigenvalue weighted by Gasteiger charge is -2.20. The van der Waals surface area contributed by atoms with Gasteiger partial charge in [-0.2, -0.15) is 5.10 Å². The van der Waals surface area contributed by atoms with Crippen LogP contribution in [0.3, 0.4) is 0 Å². The van der Waals surface area contributed by atoms with Crippen LogP contribution in [-0.4, -0.2) is 27.8 Å². The molecule has 0 saturated heterocycles. The van der Waals surface area contributed by atoms with Crippen LogP contribution in [0.5, 0.6) is 0 Å². The predicted molar refractivity (Wildman–Crippen MR) is 72.8 cm³/mol. The summed E-state index contributed by atoms with van der Waals surface area (Å²) in [6.07, 6.45) is 1.97. The monoisotopic (exact) mass is 244 g/mol. The van der Waals surface area contributed by atoms with E-state index in [2.05, 4.69) is 40.3 Å². The molecule has 0 fully saturated rings. The molecule has 0 bridgehead atoms. The molecule has 0 saturated carbocycles. The Labute approximate surface area is 108 Å². The number of hydrogen-bond acceptors (Lipinski definition) is 3. The Morgan fingerprint density at radius 1 is 1.17 bits per heavy atom. The highest BCUT2D eigenvalue weighted by molar-refractivity contribution is 5.14. The molecule has 0 unspecified atom stereocenters. The first kappa shape index (κ1) is 12.8. The van der Waals surface area contributed by atoms with E-state index in [0.29, 0.717) is 6.54 Å². The second-order valence-electron chi connectivity index (χ2n) is 4.47. The molecular weight excluding hydrogens is 224 g/mol. The highest BCUT2D eigenvalue weighted by Gasteiger charge is 2.07. The summed E-state index contributed by atoms with van der Waals surface area (Å²) in [5.41, 5.74) is 8.07. The number of benzene rings is 1. The molecule has 4 nitrogen and oxygen atoms in total. The minimum absolute atomic E-state index is 0.666. The minimum Gasteiger partial charge on any atom is -0.329 e. The summed E-state index contributed by atoms with van der Waals surface area (Å²) < 4.78 is 1.83. The van der Waals surface area contributed by atoms with Crippen LogP contribution in [0.2, 0.25) is 0 Å². The summed E-state index contributed by atoms with van der Waals surface area (Å²) in [6.45, 7) is 3.30. The average molecular weight is 244 g/mol. The van der Waals surface area contributed by atoms with Gasteiger partial charge >= 0.3 is 0 Å². The Bertz CT molecular complexity index is 464. The van der Waals surface area contributed by atoms with Crippen molar-refractivity contribution in [3.8, 4) is 0 Å². The summed E-state index contributed by atoms with van der Waals surface area (Å²) in [5.74, 6) is 0. The third kappa shape index (κ3) is 3.68. The second kappa shape index (κ2) is 6.33. The lowest BCUT2D eigenvalue weighted by molar-refractivity contribution is 0.260. The number of aryl methyl sites for hydroxylation is 1. The van der Waals surface area contributed by atoms with Crippen molar-refractivity contribution in [2.75, 3.05) is 13.1 Å². The van der Waals surface area contributed by atoms with E-state index in [1.54, 1.807) is 0 Å².